The van der Waals surface area contributed by atoms with E-state index in [-0.39, 0.29) is 5.95 Å². The molecule has 0 aliphatic rings. The Bertz CT molecular complexity index is 912. The van der Waals surface area contributed by atoms with E-state index in [2.05, 4.69) is 20.3 Å². The van der Waals surface area contributed by atoms with Crippen LogP contribution in [0.1, 0.15) is 5.82 Å². The van der Waals surface area contributed by atoms with E-state index >= 15 is 0 Å². The topological polar surface area (TPSA) is 109 Å². The summed E-state index contributed by atoms with van der Waals surface area (Å²) in [5.74, 6) is 3.03. The molecule has 3 N–H and O–H groups in total. The van der Waals surface area contributed by atoms with Crippen molar-refractivity contribution in [3.8, 4) is 17.2 Å². The minimum absolute atomic E-state index is 0.158. The second-order valence-corrected chi connectivity index (χ2v) is 5.36. The summed E-state index contributed by atoms with van der Waals surface area (Å²) in [6, 6.07) is 3.56. The summed E-state index contributed by atoms with van der Waals surface area (Å²) in [6.07, 6.45) is 0. The van der Waals surface area contributed by atoms with Crippen molar-refractivity contribution < 1.29 is 14.2 Å². The Balaban J connectivity index is 2.11. The second kappa shape index (κ2) is 6.34. The molecule has 0 bridgehead atoms. The molecule has 3 rings (SSSR count). The van der Waals surface area contributed by atoms with Crippen LogP contribution in [-0.4, -0.2) is 40.8 Å². The number of aromatic nitrogens is 4. The largest absolute Gasteiger partial charge is 0.493 e. The van der Waals surface area contributed by atoms with Gasteiger partial charge in [0, 0.05) is 24.9 Å². The maximum Gasteiger partial charge on any atom is 0.224 e. The normalized spacial score (nSPS) is 10.8. The van der Waals surface area contributed by atoms with Gasteiger partial charge in [0.2, 0.25) is 11.7 Å². The Hall–Kier alpha value is -3.23. The number of benzene rings is 1. The molecule has 0 atom stereocenters. The van der Waals surface area contributed by atoms with Crippen molar-refractivity contribution in [3.63, 3.8) is 0 Å². The molecule has 3 aromatic rings. The number of hydrogen-bond donors (Lipinski definition) is 2. The van der Waals surface area contributed by atoms with E-state index in [1.54, 1.807) is 33.5 Å². The van der Waals surface area contributed by atoms with E-state index in [9.17, 15) is 0 Å². The molecule has 0 radical (unpaired) electrons. The molecule has 132 valence electrons. The molecule has 0 amide bonds. The number of ether oxygens (including phenoxy) is 3. The lowest BCUT2D eigenvalue weighted by molar-refractivity contribution is 0.324. The Morgan fingerprint density at radius 1 is 1.00 bits per heavy atom. The Morgan fingerprint density at radius 2 is 1.64 bits per heavy atom. The van der Waals surface area contributed by atoms with Crippen LogP contribution in [0.4, 0.5) is 17.5 Å². The van der Waals surface area contributed by atoms with E-state index in [0.717, 1.165) is 5.82 Å². The first-order chi connectivity index (χ1) is 12.0. The summed E-state index contributed by atoms with van der Waals surface area (Å²) < 4.78 is 17.9. The van der Waals surface area contributed by atoms with Crippen LogP contribution >= 0.6 is 0 Å². The molecule has 0 saturated heterocycles. The number of nitrogens with one attached hydrogen (secondary N) is 1. The maximum absolute atomic E-state index is 5.84. The Kier molecular flexibility index (Phi) is 4.22. The summed E-state index contributed by atoms with van der Waals surface area (Å²) in [6.45, 7) is 1.89. The fourth-order valence-corrected chi connectivity index (χ4v) is 2.56. The minimum Gasteiger partial charge on any atom is -0.493 e. The number of nitrogens with two attached hydrogens (primary N) is 1. The predicted molar refractivity (Wildman–Crippen MR) is 94.8 cm³/mol. The van der Waals surface area contributed by atoms with E-state index in [0.29, 0.717) is 39.9 Å². The van der Waals surface area contributed by atoms with E-state index < -0.39 is 0 Å². The highest BCUT2D eigenvalue weighted by molar-refractivity contribution is 5.87. The third-order valence-corrected chi connectivity index (χ3v) is 3.89. The molecular weight excluding hydrogens is 324 g/mol. The molecular formula is C16H20N6O3. The molecule has 2 aromatic heterocycles. The lowest BCUT2D eigenvalue weighted by atomic mass is 10.2. The van der Waals surface area contributed by atoms with Crippen LogP contribution in [0.3, 0.4) is 0 Å². The number of methoxy groups -OCH3 is 3. The van der Waals surface area contributed by atoms with Crippen molar-refractivity contribution >= 4 is 28.6 Å². The first kappa shape index (κ1) is 16.6. The van der Waals surface area contributed by atoms with Gasteiger partial charge in [0.1, 0.15) is 5.82 Å². The van der Waals surface area contributed by atoms with Gasteiger partial charge in [-0.05, 0) is 6.92 Å². The smallest absolute Gasteiger partial charge is 0.224 e. The summed E-state index contributed by atoms with van der Waals surface area (Å²) in [7, 11) is 6.55. The molecule has 25 heavy (non-hydrogen) atoms. The zero-order valence-electron chi connectivity index (χ0n) is 14.7. The van der Waals surface area contributed by atoms with Crippen LogP contribution in [0.2, 0.25) is 0 Å². The number of hydrogen-bond acceptors (Lipinski definition) is 8. The molecule has 2 heterocycles. The number of imidazole rings is 1. The third-order valence-electron chi connectivity index (χ3n) is 3.89. The SMILES string of the molecule is COc1cc(Nc2nc(N)nc3c2nc(C)n3C)cc(OC)c1OC. The molecule has 0 aliphatic carbocycles. The van der Waals surface area contributed by atoms with Gasteiger partial charge in [-0.3, -0.25) is 0 Å². The van der Waals surface area contributed by atoms with E-state index in [1.165, 1.54) is 0 Å². The van der Waals surface area contributed by atoms with Gasteiger partial charge in [-0.1, -0.05) is 0 Å². The fourth-order valence-electron chi connectivity index (χ4n) is 2.56. The van der Waals surface area contributed by atoms with Gasteiger partial charge in [-0.2, -0.15) is 9.97 Å². The first-order valence-electron chi connectivity index (χ1n) is 7.52. The Labute approximate surface area is 144 Å². The van der Waals surface area contributed by atoms with Crippen LogP contribution in [-0.2, 0) is 7.05 Å². The molecule has 0 saturated carbocycles. The Morgan fingerprint density at radius 3 is 2.20 bits per heavy atom. The van der Waals surface area contributed by atoms with Crippen molar-refractivity contribution in [2.75, 3.05) is 32.4 Å². The highest BCUT2D eigenvalue weighted by Gasteiger charge is 2.17. The number of anilines is 3. The van der Waals surface area contributed by atoms with Gasteiger partial charge in [0.15, 0.2) is 28.5 Å². The van der Waals surface area contributed by atoms with Crippen molar-refractivity contribution in [2.45, 2.75) is 6.92 Å². The van der Waals surface area contributed by atoms with Gasteiger partial charge >= 0.3 is 0 Å². The van der Waals surface area contributed by atoms with Crippen LogP contribution in [0.25, 0.3) is 11.2 Å². The van der Waals surface area contributed by atoms with Gasteiger partial charge in [0.25, 0.3) is 0 Å². The van der Waals surface area contributed by atoms with Gasteiger partial charge in [-0.25, -0.2) is 4.98 Å². The molecule has 1 aromatic carbocycles. The zero-order valence-corrected chi connectivity index (χ0v) is 14.7. The highest BCUT2D eigenvalue weighted by atomic mass is 16.5. The van der Waals surface area contributed by atoms with E-state index in [1.807, 2.05) is 18.5 Å². The molecule has 9 heteroatoms. The zero-order chi connectivity index (χ0) is 18.1. The number of aryl methyl sites for hydroxylation is 2. The highest BCUT2D eigenvalue weighted by Crippen LogP contribution is 2.40. The number of nitrogen functional groups attached to an aromatic ring is 1. The lowest BCUT2D eigenvalue weighted by Crippen LogP contribution is -2.03. The fraction of sp³-hybridized carbons (Fsp3) is 0.312. The molecule has 0 unspecified atom stereocenters. The van der Waals surface area contributed by atoms with Crippen molar-refractivity contribution in [3.05, 3.63) is 18.0 Å². The quantitative estimate of drug-likeness (QED) is 0.723. The van der Waals surface area contributed by atoms with Crippen LogP contribution in [0.5, 0.6) is 17.2 Å². The van der Waals surface area contributed by atoms with Crippen molar-refractivity contribution in [1.29, 1.82) is 0 Å². The molecule has 0 spiro atoms. The van der Waals surface area contributed by atoms with Crippen LogP contribution < -0.4 is 25.3 Å². The van der Waals surface area contributed by atoms with E-state index in [4.69, 9.17) is 19.9 Å². The monoisotopic (exact) mass is 344 g/mol. The number of fused-ring (bicyclic) bond motifs is 1. The minimum atomic E-state index is 0.158. The lowest BCUT2D eigenvalue weighted by Gasteiger charge is -2.15. The average molecular weight is 344 g/mol. The summed E-state index contributed by atoms with van der Waals surface area (Å²) >= 11 is 0. The maximum atomic E-state index is 5.84. The second-order valence-electron chi connectivity index (χ2n) is 5.36. The van der Waals surface area contributed by atoms with Gasteiger partial charge in [0.05, 0.1) is 21.3 Å². The molecule has 9 nitrogen and oxygen atoms in total. The van der Waals surface area contributed by atoms with Crippen molar-refractivity contribution in [1.82, 2.24) is 19.5 Å². The van der Waals surface area contributed by atoms with Gasteiger partial charge < -0.3 is 29.8 Å². The summed E-state index contributed by atoms with van der Waals surface area (Å²) in [4.78, 5) is 13.0. The standard InChI is InChI=1S/C16H20N6O3/c1-8-18-12-14(20-16(17)21-15(12)22(8)2)19-9-6-10(23-3)13(25-5)11(7-9)24-4/h6-7H,1-5H3,(H3,17,19,20,21). The first-order valence-corrected chi connectivity index (χ1v) is 7.52. The van der Waals surface area contributed by atoms with Gasteiger partial charge in [-0.15, -0.1) is 0 Å². The average Bonchev–Trinajstić information content (AvgIpc) is 2.89. The summed E-state index contributed by atoms with van der Waals surface area (Å²) in [5.41, 5.74) is 7.81. The van der Waals surface area contributed by atoms with Crippen molar-refractivity contribution in [2.24, 2.45) is 7.05 Å². The molecule has 0 fully saturated rings. The van der Waals surface area contributed by atoms with Crippen LogP contribution in [0.15, 0.2) is 12.1 Å². The number of rotatable bonds is 5. The number of nitrogens with zero attached hydrogens (tertiary/aromatic N) is 4. The predicted octanol–water partition coefficient (Wildman–Crippen LogP) is 2.02. The third kappa shape index (κ3) is 2.84. The van der Waals surface area contributed by atoms with Crippen LogP contribution in [0, 0.1) is 6.92 Å². The molecule has 0 aliphatic heterocycles. The summed E-state index contributed by atoms with van der Waals surface area (Å²) in [5, 5.41) is 3.21.